The van der Waals surface area contributed by atoms with Gasteiger partial charge in [-0.05, 0) is 26.0 Å². The van der Waals surface area contributed by atoms with Crippen molar-refractivity contribution >= 4 is 33.3 Å². The monoisotopic (exact) mass is 367 g/mol. The molecule has 0 unspecified atom stereocenters. The second-order valence-electron chi connectivity index (χ2n) is 5.86. The standard InChI is InChI=1S/C16H17N9S/c1-8-11-13(19-9(2)15-22-23-16(17)26-15)20-12(10-6-4-5-7-18-10)21-14(11)25(3)24-8/h4-7,9H,1-3H3,(H2,17,23)(H,19,20,21)/t9-/m0/s1. The molecule has 0 aromatic carbocycles. The molecule has 0 fully saturated rings. The molecule has 10 heteroatoms. The molecule has 0 saturated heterocycles. The van der Waals surface area contributed by atoms with E-state index in [9.17, 15) is 0 Å². The second kappa shape index (κ2) is 6.30. The molecule has 26 heavy (non-hydrogen) atoms. The van der Waals surface area contributed by atoms with E-state index in [1.54, 1.807) is 10.9 Å². The van der Waals surface area contributed by atoms with Gasteiger partial charge in [-0.25, -0.2) is 9.97 Å². The van der Waals surface area contributed by atoms with Crippen LogP contribution in [0.25, 0.3) is 22.6 Å². The van der Waals surface area contributed by atoms with E-state index >= 15 is 0 Å². The lowest BCUT2D eigenvalue weighted by Crippen LogP contribution is -2.10. The van der Waals surface area contributed by atoms with Crippen molar-refractivity contribution in [2.24, 2.45) is 7.05 Å². The Morgan fingerprint density at radius 3 is 2.77 bits per heavy atom. The molecule has 132 valence electrons. The van der Waals surface area contributed by atoms with Crippen LogP contribution in [0.5, 0.6) is 0 Å². The molecule has 0 saturated carbocycles. The van der Waals surface area contributed by atoms with Gasteiger partial charge in [0.05, 0.1) is 17.1 Å². The fraction of sp³-hybridized carbons (Fsp3) is 0.250. The first-order valence-electron chi connectivity index (χ1n) is 8.01. The van der Waals surface area contributed by atoms with Crippen molar-refractivity contribution in [1.82, 2.24) is 34.9 Å². The number of rotatable bonds is 4. The highest BCUT2D eigenvalue weighted by Crippen LogP contribution is 2.30. The Morgan fingerprint density at radius 1 is 1.23 bits per heavy atom. The van der Waals surface area contributed by atoms with Crippen molar-refractivity contribution in [1.29, 1.82) is 0 Å². The van der Waals surface area contributed by atoms with Crippen molar-refractivity contribution in [2.75, 3.05) is 11.1 Å². The van der Waals surface area contributed by atoms with Gasteiger partial charge in [0.1, 0.15) is 16.5 Å². The largest absolute Gasteiger partial charge is 0.374 e. The SMILES string of the molecule is Cc1nn(C)c2nc(-c3ccccn3)nc(N[C@@H](C)c3nnc(N)s3)c12. The number of anilines is 2. The van der Waals surface area contributed by atoms with E-state index in [1.807, 2.05) is 39.1 Å². The number of hydrogen-bond donors (Lipinski definition) is 2. The molecule has 4 rings (SSSR count). The van der Waals surface area contributed by atoms with E-state index in [2.05, 4.69) is 30.6 Å². The van der Waals surface area contributed by atoms with Gasteiger partial charge in [-0.3, -0.25) is 9.67 Å². The Kier molecular flexibility index (Phi) is 3.96. The first kappa shape index (κ1) is 16.3. The Morgan fingerprint density at radius 2 is 2.08 bits per heavy atom. The van der Waals surface area contributed by atoms with Crippen molar-refractivity contribution in [2.45, 2.75) is 19.9 Å². The number of fused-ring (bicyclic) bond motifs is 1. The summed E-state index contributed by atoms with van der Waals surface area (Å²) in [5.74, 6) is 1.22. The maximum absolute atomic E-state index is 5.70. The summed E-state index contributed by atoms with van der Waals surface area (Å²) in [6, 6.07) is 5.53. The minimum Gasteiger partial charge on any atom is -0.374 e. The molecule has 4 aromatic rings. The van der Waals surface area contributed by atoms with Crippen LogP contribution in [0.15, 0.2) is 24.4 Å². The molecule has 0 amide bonds. The maximum atomic E-state index is 5.70. The van der Waals surface area contributed by atoms with Gasteiger partial charge in [-0.1, -0.05) is 17.4 Å². The van der Waals surface area contributed by atoms with E-state index in [4.69, 9.17) is 10.7 Å². The van der Waals surface area contributed by atoms with Gasteiger partial charge in [0.25, 0.3) is 0 Å². The summed E-state index contributed by atoms with van der Waals surface area (Å²) in [5.41, 5.74) is 7.99. The molecular weight excluding hydrogens is 350 g/mol. The summed E-state index contributed by atoms with van der Waals surface area (Å²) < 4.78 is 1.75. The molecule has 0 bridgehead atoms. The minimum atomic E-state index is -0.112. The molecule has 0 spiro atoms. The Balaban J connectivity index is 1.84. The quantitative estimate of drug-likeness (QED) is 0.564. The van der Waals surface area contributed by atoms with Crippen LogP contribution in [-0.2, 0) is 7.05 Å². The van der Waals surface area contributed by atoms with Gasteiger partial charge in [0, 0.05) is 13.2 Å². The van der Waals surface area contributed by atoms with Gasteiger partial charge in [-0.2, -0.15) is 5.10 Å². The molecule has 0 aliphatic heterocycles. The molecule has 0 radical (unpaired) electrons. The maximum Gasteiger partial charge on any atom is 0.203 e. The lowest BCUT2D eigenvalue weighted by atomic mass is 10.2. The highest BCUT2D eigenvalue weighted by molar-refractivity contribution is 7.15. The third kappa shape index (κ3) is 2.84. The molecule has 3 N–H and O–H groups in total. The van der Waals surface area contributed by atoms with Crippen LogP contribution in [0.4, 0.5) is 10.9 Å². The van der Waals surface area contributed by atoms with Crippen LogP contribution in [-0.4, -0.2) is 34.9 Å². The third-order valence-electron chi connectivity index (χ3n) is 3.93. The van der Waals surface area contributed by atoms with Crippen molar-refractivity contribution < 1.29 is 0 Å². The van der Waals surface area contributed by atoms with Gasteiger partial charge >= 0.3 is 0 Å². The number of hydrogen-bond acceptors (Lipinski definition) is 9. The fourth-order valence-electron chi connectivity index (χ4n) is 2.74. The highest BCUT2D eigenvalue weighted by Gasteiger charge is 2.19. The Hall–Kier alpha value is -3.14. The van der Waals surface area contributed by atoms with Gasteiger partial charge in [0.15, 0.2) is 11.5 Å². The van der Waals surface area contributed by atoms with Gasteiger partial charge < -0.3 is 11.1 Å². The number of nitrogens with one attached hydrogen (secondary N) is 1. The normalized spacial score (nSPS) is 12.4. The number of nitrogen functional groups attached to an aromatic ring is 1. The molecule has 4 aromatic heterocycles. The Labute approximate surface area is 153 Å². The smallest absolute Gasteiger partial charge is 0.203 e. The summed E-state index contributed by atoms with van der Waals surface area (Å²) in [6.45, 7) is 3.92. The first-order chi connectivity index (χ1) is 12.5. The molecule has 4 heterocycles. The minimum absolute atomic E-state index is 0.112. The van der Waals surface area contributed by atoms with Crippen molar-refractivity contribution in [3.63, 3.8) is 0 Å². The number of aromatic nitrogens is 7. The average Bonchev–Trinajstić information content (AvgIpc) is 3.19. The number of nitrogens with zero attached hydrogens (tertiary/aromatic N) is 7. The molecule has 9 nitrogen and oxygen atoms in total. The van der Waals surface area contributed by atoms with Crippen LogP contribution >= 0.6 is 11.3 Å². The summed E-state index contributed by atoms with van der Waals surface area (Å²) in [5, 5.41) is 18.0. The van der Waals surface area contributed by atoms with Crippen LogP contribution in [0.2, 0.25) is 0 Å². The van der Waals surface area contributed by atoms with Crippen molar-refractivity contribution in [3.05, 3.63) is 35.1 Å². The second-order valence-corrected chi connectivity index (χ2v) is 6.90. The number of pyridine rings is 1. The van der Waals surface area contributed by atoms with Gasteiger partial charge in [-0.15, -0.1) is 10.2 Å². The Bertz CT molecular complexity index is 1070. The number of aryl methyl sites for hydroxylation is 2. The molecule has 0 aliphatic rings. The fourth-order valence-corrected chi connectivity index (χ4v) is 3.35. The summed E-state index contributed by atoms with van der Waals surface area (Å²) >= 11 is 1.35. The van der Waals surface area contributed by atoms with E-state index in [0.717, 1.165) is 21.7 Å². The van der Waals surface area contributed by atoms with Crippen molar-refractivity contribution in [3.8, 4) is 11.5 Å². The zero-order valence-corrected chi connectivity index (χ0v) is 15.3. The van der Waals surface area contributed by atoms with E-state index in [0.29, 0.717) is 22.5 Å². The van der Waals surface area contributed by atoms with Gasteiger partial charge in [0.2, 0.25) is 5.13 Å². The lowest BCUT2D eigenvalue weighted by Gasteiger charge is -2.13. The summed E-state index contributed by atoms with van der Waals surface area (Å²) in [6.07, 6.45) is 1.72. The average molecular weight is 367 g/mol. The van der Waals surface area contributed by atoms with Crippen LogP contribution in [0, 0.1) is 6.92 Å². The topological polar surface area (TPSA) is 120 Å². The predicted octanol–water partition coefficient (Wildman–Crippen LogP) is 2.34. The summed E-state index contributed by atoms with van der Waals surface area (Å²) in [4.78, 5) is 13.7. The van der Waals surface area contributed by atoms with E-state index in [-0.39, 0.29) is 6.04 Å². The lowest BCUT2D eigenvalue weighted by molar-refractivity contribution is 0.773. The zero-order valence-electron chi connectivity index (χ0n) is 14.5. The summed E-state index contributed by atoms with van der Waals surface area (Å²) in [7, 11) is 1.86. The predicted molar refractivity (Wildman–Crippen MR) is 101 cm³/mol. The van der Waals surface area contributed by atoms with Crippen LogP contribution < -0.4 is 11.1 Å². The highest BCUT2D eigenvalue weighted by atomic mass is 32.1. The number of nitrogens with two attached hydrogens (primary N) is 1. The van der Waals surface area contributed by atoms with Crippen LogP contribution in [0.1, 0.15) is 23.7 Å². The zero-order chi connectivity index (χ0) is 18.3. The third-order valence-corrected chi connectivity index (χ3v) is 4.87. The first-order valence-corrected chi connectivity index (χ1v) is 8.82. The van der Waals surface area contributed by atoms with Crippen LogP contribution in [0.3, 0.4) is 0 Å². The van der Waals surface area contributed by atoms with E-state index < -0.39 is 0 Å². The molecular formula is C16H17N9S. The van der Waals surface area contributed by atoms with E-state index in [1.165, 1.54) is 11.3 Å². The molecule has 0 aliphatic carbocycles. The molecule has 1 atom stereocenters.